The third-order valence-electron chi connectivity index (χ3n) is 4.45. The molecule has 22 heavy (non-hydrogen) atoms. The van der Waals surface area contributed by atoms with E-state index >= 15 is 0 Å². The molecule has 0 amide bonds. The molecule has 1 heteroatoms. The Balaban J connectivity index is 2.02. The van der Waals surface area contributed by atoms with Gasteiger partial charge in [0.1, 0.15) is 0 Å². The Kier molecular flexibility index (Phi) is 2.28. The SMILES string of the molecule is c1ccc2cc3c(ccc4c3ccc3cccnc34)cc2c1. The van der Waals surface area contributed by atoms with E-state index in [1.165, 1.54) is 37.7 Å². The van der Waals surface area contributed by atoms with E-state index in [0.29, 0.717) is 0 Å². The highest BCUT2D eigenvalue weighted by atomic mass is 14.6. The van der Waals surface area contributed by atoms with Gasteiger partial charge in [0.05, 0.1) is 5.52 Å². The maximum Gasteiger partial charge on any atom is 0.0780 e. The Morgan fingerprint density at radius 2 is 1.23 bits per heavy atom. The van der Waals surface area contributed by atoms with Crippen molar-refractivity contribution in [1.82, 2.24) is 4.98 Å². The van der Waals surface area contributed by atoms with Crippen LogP contribution in [0.3, 0.4) is 0 Å². The van der Waals surface area contributed by atoms with E-state index in [2.05, 4.69) is 71.7 Å². The van der Waals surface area contributed by atoms with E-state index in [1.807, 2.05) is 12.3 Å². The third kappa shape index (κ3) is 1.57. The summed E-state index contributed by atoms with van der Waals surface area (Å²) in [4.78, 5) is 4.58. The van der Waals surface area contributed by atoms with E-state index in [0.717, 1.165) is 5.52 Å². The molecular formula is C21H13N. The minimum Gasteiger partial charge on any atom is -0.256 e. The maximum absolute atomic E-state index is 4.58. The zero-order valence-electron chi connectivity index (χ0n) is 12.0. The quantitative estimate of drug-likeness (QED) is 0.262. The van der Waals surface area contributed by atoms with Crippen LogP contribution in [0.1, 0.15) is 0 Å². The zero-order valence-corrected chi connectivity index (χ0v) is 12.0. The van der Waals surface area contributed by atoms with Gasteiger partial charge in [-0.05, 0) is 45.1 Å². The number of aromatic nitrogens is 1. The molecule has 0 radical (unpaired) electrons. The van der Waals surface area contributed by atoms with Gasteiger partial charge in [0.2, 0.25) is 0 Å². The summed E-state index contributed by atoms with van der Waals surface area (Å²) in [6, 6.07) is 26.0. The van der Waals surface area contributed by atoms with Crippen LogP contribution in [-0.4, -0.2) is 4.98 Å². The van der Waals surface area contributed by atoms with Gasteiger partial charge in [-0.1, -0.05) is 54.6 Å². The van der Waals surface area contributed by atoms with Crippen molar-refractivity contribution < 1.29 is 0 Å². The van der Waals surface area contributed by atoms with Crippen LogP contribution in [-0.2, 0) is 0 Å². The van der Waals surface area contributed by atoms with Crippen molar-refractivity contribution in [2.45, 2.75) is 0 Å². The number of nitrogens with zero attached hydrogens (tertiary/aromatic N) is 1. The minimum atomic E-state index is 1.08. The maximum atomic E-state index is 4.58. The first-order valence-electron chi connectivity index (χ1n) is 7.49. The minimum absolute atomic E-state index is 1.08. The molecule has 0 aliphatic heterocycles. The van der Waals surface area contributed by atoms with Gasteiger partial charge in [0.15, 0.2) is 0 Å². The fourth-order valence-electron chi connectivity index (χ4n) is 3.37. The third-order valence-corrected chi connectivity index (χ3v) is 4.45. The summed E-state index contributed by atoms with van der Waals surface area (Å²) in [6.07, 6.45) is 1.87. The first-order valence-corrected chi connectivity index (χ1v) is 7.49. The van der Waals surface area contributed by atoms with Gasteiger partial charge in [-0.3, -0.25) is 4.98 Å². The molecule has 0 saturated carbocycles. The summed E-state index contributed by atoms with van der Waals surface area (Å²) in [5, 5.41) is 8.83. The molecule has 1 heterocycles. The van der Waals surface area contributed by atoms with Gasteiger partial charge in [0, 0.05) is 17.0 Å². The highest BCUT2D eigenvalue weighted by molar-refractivity contribution is 6.18. The average molecular weight is 279 g/mol. The van der Waals surface area contributed by atoms with Crippen LogP contribution in [0, 0.1) is 0 Å². The number of pyridine rings is 1. The summed E-state index contributed by atoms with van der Waals surface area (Å²) >= 11 is 0. The van der Waals surface area contributed by atoms with E-state index in [4.69, 9.17) is 0 Å². The molecule has 1 aromatic heterocycles. The molecule has 102 valence electrons. The van der Waals surface area contributed by atoms with Crippen LogP contribution in [0.5, 0.6) is 0 Å². The number of fused-ring (bicyclic) bond motifs is 6. The normalized spacial score (nSPS) is 11.6. The van der Waals surface area contributed by atoms with Gasteiger partial charge in [0.25, 0.3) is 0 Å². The Bertz CT molecular complexity index is 1170. The van der Waals surface area contributed by atoms with Crippen LogP contribution in [0.15, 0.2) is 79.0 Å². The molecule has 0 atom stereocenters. The molecule has 0 saturated heterocycles. The lowest BCUT2D eigenvalue weighted by Crippen LogP contribution is -1.83. The van der Waals surface area contributed by atoms with E-state index in [9.17, 15) is 0 Å². The number of hydrogen-bond acceptors (Lipinski definition) is 1. The van der Waals surface area contributed by atoms with Crippen LogP contribution in [0.25, 0.3) is 43.2 Å². The summed E-state index contributed by atoms with van der Waals surface area (Å²) in [5.41, 5.74) is 1.08. The van der Waals surface area contributed by atoms with Crippen LogP contribution < -0.4 is 0 Å². The Morgan fingerprint density at radius 3 is 2.14 bits per heavy atom. The Morgan fingerprint density at radius 1 is 0.500 bits per heavy atom. The first kappa shape index (κ1) is 11.7. The van der Waals surface area contributed by atoms with Crippen molar-refractivity contribution in [3.63, 3.8) is 0 Å². The molecule has 5 rings (SSSR count). The second-order valence-corrected chi connectivity index (χ2v) is 5.72. The van der Waals surface area contributed by atoms with Gasteiger partial charge >= 0.3 is 0 Å². The highest BCUT2D eigenvalue weighted by Crippen LogP contribution is 2.32. The average Bonchev–Trinajstić information content (AvgIpc) is 2.59. The van der Waals surface area contributed by atoms with E-state index < -0.39 is 0 Å². The number of hydrogen-bond donors (Lipinski definition) is 0. The largest absolute Gasteiger partial charge is 0.256 e. The summed E-state index contributed by atoms with van der Waals surface area (Å²) in [5.74, 6) is 0. The predicted molar refractivity (Wildman–Crippen MR) is 94.3 cm³/mol. The van der Waals surface area contributed by atoms with Crippen molar-refractivity contribution in [2.24, 2.45) is 0 Å². The fraction of sp³-hybridized carbons (Fsp3) is 0. The highest BCUT2D eigenvalue weighted by Gasteiger charge is 2.06. The van der Waals surface area contributed by atoms with Crippen molar-refractivity contribution in [3.8, 4) is 0 Å². The second kappa shape index (κ2) is 4.28. The van der Waals surface area contributed by atoms with Crippen LogP contribution in [0.2, 0.25) is 0 Å². The number of benzene rings is 4. The molecule has 5 aromatic rings. The van der Waals surface area contributed by atoms with Gasteiger partial charge in [-0.2, -0.15) is 0 Å². The standard InChI is InChI=1S/C21H13N/c1-2-5-16-13-20-17(12-15(16)4-1)8-10-19-18(20)9-7-14-6-3-11-22-21(14)19/h1-13H. The predicted octanol–water partition coefficient (Wildman–Crippen LogP) is 5.69. The Labute approximate surface area is 127 Å². The van der Waals surface area contributed by atoms with Crippen LogP contribution in [0.4, 0.5) is 0 Å². The summed E-state index contributed by atoms with van der Waals surface area (Å²) in [7, 11) is 0. The summed E-state index contributed by atoms with van der Waals surface area (Å²) < 4.78 is 0. The lowest BCUT2D eigenvalue weighted by Gasteiger charge is -2.08. The molecule has 0 fully saturated rings. The van der Waals surface area contributed by atoms with Crippen molar-refractivity contribution >= 4 is 43.2 Å². The molecule has 0 aliphatic rings. The second-order valence-electron chi connectivity index (χ2n) is 5.72. The Hall–Kier alpha value is -2.93. The molecule has 0 N–H and O–H groups in total. The molecule has 0 unspecified atom stereocenters. The zero-order chi connectivity index (χ0) is 14.5. The van der Waals surface area contributed by atoms with E-state index in [1.54, 1.807) is 0 Å². The fourth-order valence-corrected chi connectivity index (χ4v) is 3.37. The molecular weight excluding hydrogens is 266 g/mol. The van der Waals surface area contributed by atoms with E-state index in [-0.39, 0.29) is 0 Å². The van der Waals surface area contributed by atoms with Crippen LogP contribution >= 0.6 is 0 Å². The van der Waals surface area contributed by atoms with Gasteiger partial charge in [-0.15, -0.1) is 0 Å². The van der Waals surface area contributed by atoms with Gasteiger partial charge in [-0.25, -0.2) is 0 Å². The monoisotopic (exact) mass is 279 g/mol. The molecule has 4 aromatic carbocycles. The molecule has 0 bridgehead atoms. The lowest BCUT2D eigenvalue weighted by molar-refractivity contribution is 1.43. The smallest absolute Gasteiger partial charge is 0.0780 e. The lowest BCUT2D eigenvalue weighted by atomic mass is 9.97. The molecule has 1 nitrogen and oxygen atoms in total. The molecule has 0 aliphatic carbocycles. The topological polar surface area (TPSA) is 12.9 Å². The molecule has 0 spiro atoms. The van der Waals surface area contributed by atoms with Crippen molar-refractivity contribution in [2.75, 3.05) is 0 Å². The van der Waals surface area contributed by atoms with Crippen molar-refractivity contribution in [3.05, 3.63) is 79.0 Å². The summed E-state index contributed by atoms with van der Waals surface area (Å²) in [6.45, 7) is 0. The van der Waals surface area contributed by atoms with Crippen molar-refractivity contribution in [1.29, 1.82) is 0 Å². The van der Waals surface area contributed by atoms with Gasteiger partial charge < -0.3 is 0 Å². The number of rotatable bonds is 0. The first-order chi connectivity index (χ1) is 10.9.